The molecular weight excluding hydrogens is 270 g/mol. The zero-order valence-electron chi connectivity index (χ0n) is 12.2. The van der Waals surface area contributed by atoms with Gasteiger partial charge in [-0.1, -0.05) is 37.3 Å². The molecule has 1 saturated heterocycles. The van der Waals surface area contributed by atoms with Gasteiger partial charge in [-0.2, -0.15) is 12.6 Å². The monoisotopic (exact) mass is 293 g/mol. The van der Waals surface area contributed by atoms with Crippen LogP contribution in [0.3, 0.4) is 0 Å². The van der Waals surface area contributed by atoms with Crippen LogP contribution in [-0.2, 0) is 16.0 Å². The van der Waals surface area contributed by atoms with E-state index in [1.54, 1.807) is 0 Å². The number of benzene rings is 1. The van der Waals surface area contributed by atoms with Crippen molar-refractivity contribution in [1.82, 2.24) is 4.90 Å². The molecule has 0 aliphatic carbocycles. The minimum Gasteiger partial charge on any atom is -0.375 e. The number of hydrogen-bond acceptors (Lipinski definition) is 3. The molecule has 0 radical (unpaired) electrons. The molecule has 1 heterocycles. The summed E-state index contributed by atoms with van der Waals surface area (Å²) in [6, 6.07) is 10.2. The van der Waals surface area contributed by atoms with Crippen LogP contribution in [0.15, 0.2) is 30.3 Å². The second-order valence-electron chi connectivity index (χ2n) is 5.40. The molecule has 110 valence electrons. The SMILES string of the molecule is CCC1COC(C)CN1C(=O)C(S)Cc1ccccc1. The summed E-state index contributed by atoms with van der Waals surface area (Å²) >= 11 is 4.52. The first-order chi connectivity index (χ1) is 9.61. The molecule has 20 heavy (non-hydrogen) atoms. The topological polar surface area (TPSA) is 29.5 Å². The molecule has 0 bridgehead atoms. The molecule has 4 heteroatoms. The van der Waals surface area contributed by atoms with E-state index in [2.05, 4.69) is 19.6 Å². The van der Waals surface area contributed by atoms with Crippen molar-refractivity contribution < 1.29 is 9.53 Å². The maximum atomic E-state index is 12.6. The van der Waals surface area contributed by atoms with Crippen molar-refractivity contribution in [2.24, 2.45) is 0 Å². The lowest BCUT2D eigenvalue weighted by atomic mass is 10.1. The molecule has 1 aromatic rings. The molecule has 3 nitrogen and oxygen atoms in total. The second kappa shape index (κ2) is 7.14. The summed E-state index contributed by atoms with van der Waals surface area (Å²) in [5.74, 6) is 0.124. The van der Waals surface area contributed by atoms with E-state index >= 15 is 0 Å². The number of hydrogen-bond donors (Lipinski definition) is 1. The number of carbonyl (C=O) groups is 1. The Labute approximate surface area is 126 Å². The first-order valence-corrected chi connectivity index (χ1v) is 7.77. The van der Waals surface area contributed by atoms with Gasteiger partial charge in [0.2, 0.25) is 5.91 Å². The van der Waals surface area contributed by atoms with Gasteiger partial charge in [-0.15, -0.1) is 0 Å². The maximum Gasteiger partial charge on any atom is 0.236 e. The number of rotatable bonds is 4. The smallest absolute Gasteiger partial charge is 0.236 e. The fourth-order valence-electron chi connectivity index (χ4n) is 2.57. The van der Waals surface area contributed by atoms with Crippen LogP contribution in [0.1, 0.15) is 25.8 Å². The highest BCUT2D eigenvalue weighted by molar-refractivity contribution is 7.81. The van der Waals surface area contributed by atoms with Gasteiger partial charge in [0.25, 0.3) is 0 Å². The number of ether oxygens (including phenoxy) is 1. The summed E-state index contributed by atoms with van der Waals surface area (Å²) < 4.78 is 5.64. The van der Waals surface area contributed by atoms with E-state index in [1.165, 1.54) is 0 Å². The average molecular weight is 293 g/mol. The highest BCUT2D eigenvalue weighted by Gasteiger charge is 2.32. The van der Waals surface area contributed by atoms with E-state index in [-0.39, 0.29) is 23.3 Å². The molecule has 0 saturated carbocycles. The highest BCUT2D eigenvalue weighted by Crippen LogP contribution is 2.19. The van der Waals surface area contributed by atoms with Crippen LogP contribution in [0.4, 0.5) is 0 Å². The predicted molar refractivity (Wildman–Crippen MR) is 84.1 cm³/mol. The molecule has 2 rings (SSSR count). The first-order valence-electron chi connectivity index (χ1n) is 7.26. The Bertz CT molecular complexity index is 437. The number of carbonyl (C=O) groups excluding carboxylic acids is 1. The predicted octanol–water partition coefficient (Wildman–Crippen LogP) is 2.55. The standard InChI is InChI=1S/C16H23NO2S/c1-3-14-11-19-12(2)10-17(14)16(18)15(20)9-13-7-5-4-6-8-13/h4-8,12,14-15,20H,3,9-11H2,1-2H3. The van der Waals surface area contributed by atoms with Crippen molar-refractivity contribution in [2.45, 2.75) is 44.1 Å². The fraction of sp³-hybridized carbons (Fsp3) is 0.562. The molecule has 0 spiro atoms. The minimum absolute atomic E-state index is 0.110. The quantitative estimate of drug-likeness (QED) is 0.865. The van der Waals surface area contributed by atoms with Crippen molar-refractivity contribution >= 4 is 18.5 Å². The third kappa shape index (κ3) is 3.76. The molecule has 1 fully saturated rings. The molecule has 0 aromatic heterocycles. The zero-order chi connectivity index (χ0) is 14.5. The van der Waals surface area contributed by atoms with Crippen molar-refractivity contribution in [3.63, 3.8) is 0 Å². The van der Waals surface area contributed by atoms with Crippen LogP contribution in [0.5, 0.6) is 0 Å². The summed E-state index contributed by atoms with van der Waals surface area (Å²) in [6.07, 6.45) is 1.70. The van der Waals surface area contributed by atoms with Crippen LogP contribution in [0.25, 0.3) is 0 Å². The largest absolute Gasteiger partial charge is 0.375 e. The van der Waals surface area contributed by atoms with E-state index in [0.29, 0.717) is 19.6 Å². The molecule has 1 amide bonds. The van der Waals surface area contributed by atoms with Crippen LogP contribution in [0.2, 0.25) is 0 Å². The van der Waals surface area contributed by atoms with Gasteiger partial charge in [-0.3, -0.25) is 4.79 Å². The summed E-state index contributed by atoms with van der Waals surface area (Å²) in [6.45, 7) is 5.41. The molecular formula is C16H23NO2S. The molecule has 1 aliphatic heterocycles. The summed E-state index contributed by atoms with van der Waals surface area (Å²) in [7, 11) is 0. The number of nitrogens with zero attached hydrogens (tertiary/aromatic N) is 1. The van der Waals surface area contributed by atoms with Crippen molar-refractivity contribution in [2.75, 3.05) is 13.2 Å². The van der Waals surface area contributed by atoms with E-state index in [9.17, 15) is 4.79 Å². The van der Waals surface area contributed by atoms with E-state index < -0.39 is 0 Å². The second-order valence-corrected chi connectivity index (χ2v) is 6.03. The van der Waals surface area contributed by atoms with Gasteiger partial charge in [0, 0.05) is 6.54 Å². The molecule has 3 unspecified atom stereocenters. The average Bonchev–Trinajstić information content (AvgIpc) is 2.47. The summed E-state index contributed by atoms with van der Waals surface area (Å²) in [4.78, 5) is 14.6. The third-order valence-corrected chi connectivity index (χ3v) is 4.18. The fourth-order valence-corrected chi connectivity index (χ4v) is 2.93. The van der Waals surface area contributed by atoms with Gasteiger partial charge < -0.3 is 9.64 Å². The number of thiol groups is 1. The summed E-state index contributed by atoms with van der Waals surface area (Å²) in [5, 5.41) is -0.281. The third-order valence-electron chi connectivity index (χ3n) is 3.78. The van der Waals surface area contributed by atoms with E-state index in [4.69, 9.17) is 4.74 Å². The van der Waals surface area contributed by atoms with Crippen molar-refractivity contribution in [3.05, 3.63) is 35.9 Å². The Morgan fingerprint density at radius 3 is 2.80 bits per heavy atom. The van der Waals surface area contributed by atoms with Gasteiger partial charge >= 0.3 is 0 Å². The van der Waals surface area contributed by atoms with Gasteiger partial charge in [0.1, 0.15) is 0 Å². The first kappa shape index (κ1) is 15.4. The van der Waals surface area contributed by atoms with Gasteiger partial charge in [0.05, 0.1) is 24.0 Å². The summed E-state index contributed by atoms with van der Waals surface area (Å²) in [5.41, 5.74) is 1.15. The molecule has 1 aliphatic rings. The highest BCUT2D eigenvalue weighted by atomic mass is 32.1. The lowest BCUT2D eigenvalue weighted by Crippen LogP contribution is -2.53. The number of morpholine rings is 1. The molecule has 1 aromatic carbocycles. The van der Waals surface area contributed by atoms with E-state index in [1.807, 2.05) is 42.2 Å². The molecule has 3 atom stereocenters. The Morgan fingerprint density at radius 2 is 2.15 bits per heavy atom. The lowest BCUT2D eigenvalue weighted by molar-refractivity contribution is -0.143. The van der Waals surface area contributed by atoms with Crippen molar-refractivity contribution in [1.29, 1.82) is 0 Å². The van der Waals surface area contributed by atoms with Gasteiger partial charge in [-0.25, -0.2) is 0 Å². The van der Waals surface area contributed by atoms with Crippen molar-refractivity contribution in [3.8, 4) is 0 Å². The van der Waals surface area contributed by atoms with Crippen LogP contribution >= 0.6 is 12.6 Å². The lowest BCUT2D eigenvalue weighted by Gasteiger charge is -2.39. The Kier molecular flexibility index (Phi) is 5.49. The Balaban J connectivity index is 2.01. The molecule has 0 N–H and O–H groups in total. The van der Waals surface area contributed by atoms with Gasteiger partial charge in [-0.05, 0) is 25.3 Å². The van der Waals surface area contributed by atoms with Crippen LogP contribution in [-0.4, -0.2) is 41.4 Å². The number of amides is 1. The van der Waals surface area contributed by atoms with Gasteiger partial charge in [0.15, 0.2) is 0 Å². The normalized spacial score (nSPS) is 24.4. The Morgan fingerprint density at radius 1 is 1.45 bits per heavy atom. The minimum atomic E-state index is -0.281. The maximum absolute atomic E-state index is 12.6. The van der Waals surface area contributed by atoms with E-state index in [0.717, 1.165) is 12.0 Å². The Hall–Kier alpha value is -1.00. The van der Waals surface area contributed by atoms with Crippen LogP contribution in [0, 0.1) is 0 Å². The zero-order valence-corrected chi connectivity index (χ0v) is 13.1. The van der Waals surface area contributed by atoms with Crippen LogP contribution < -0.4 is 0 Å².